The molecule has 2 heterocycles. The Balaban J connectivity index is 1.79. The van der Waals surface area contributed by atoms with Gasteiger partial charge in [0.05, 0.1) is 6.20 Å². The van der Waals surface area contributed by atoms with E-state index in [1.54, 1.807) is 10.7 Å². The lowest BCUT2D eigenvalue weighted by molar-refractivity contribution is -0.136. The summed E-state index contributed by atoms with van der Waals surface area (Å²) in [4.78, 5) is 17.5. The predicted molar refractivity (Wildman–Crippen MR) is 101 cm³/mol. The molecule has 0 saturated carbocycles. The summed E-state index contributed by atoms with van der Waals surface area (Å²) in [6.45, 7) is 1.74. The van der Waals surface area contributed by atoms with Crippen LogP contribution in [0.15, 0.2) is 42.7 Å². The number of carbonyl (C=O) groups is 1. The standard InChI is InChI=1S/C19H23N5O2/c1-23(2)12-10-20-17-9-11-24-19(22-17)16(13-21-24)15-6-3-14(4-7-15)5-8-18(25)26/h3-4,6-7,9,11,13H,5,8,10,12H2,1-2H3,(H,20,22)(H,25,26). The third-order valence-electron chi connectivity index (χ3n) is 4.13. The number of rotatable bonds is 8. The highest BCUT2D eigenvalue weighted by molar-refractivity contribution is 5.77. The number of benzene rings is 1. The average molecular weight is 353 g/mol. The molecule has 26 heavy (non-hydrogen) atoms. The van der Waals surface area contributed by atoms with Crippen LogP contribution in [0.5, 0.6) is 0 Å². The summed E-state index contributed by atoms with van der Waals surface area (Å²) in [5.41, 5.74) is 3.76. The lowest BCUT2D eigenvalue weighted by Crippen LogP contribution is -2.21. The molecule has 1 aromatic carbocycles. The Kier molecular flexibility index (Phi) is 5.48. The maximum atomic E-state index is 10.7. The second-order valence-corrected chi connectivity index (χ2v) is 6.46. The van der Waals surface area contributed by atoms with Gasteiger partial charge >= 0.3 is 5.97 Å². The van der Waals surface area contributed by atoms with Crippen LogP contribution in [0.1, 0.15) is 12.0 Å². The van der Waals surface area contributed by atoms with Crippen LogP contribution >= 0.6 is 0 Å². The Morgan fingerprint density at radius 3 is 2.69 bits per heavy atom. The molecule has 0 atom stereocenters. The molecule has 0 aliphatic rings. The summed E-state index contributed by atoms with van der Waals surface area (Å²) < 4.78 is 1.75. The van der Waals surface area contributed by atoms with E-state index in [-0.39, 0.29) is 6.42 Å². The van der Waals surface area contributed by atoms with E-state index in [9.17, 15) is 4.79 Å². The summed E-state index contributed by atoms with van der Waals surface area (Å²) >= 11 is 0. The Morgan fingerprint density at radius 1 is 1.23 bits per heavy atom. The van der Waals surface area contributed by atoms with E-state index < -0.39 is 5.97 Å². The smallest absolute Gasteiger partial charge is 0.303 e. The predicted octanol–water partition coefficient (Wildman–Crippen LogP) is 2.39. The van der Waals surface area contributed by atoms with Gasteiger partial charge < -0.3 is 15.3 Å². The molecule has 0 aliphatic heterocycles. The van der Waals surface area contributed by atoms with Gasteiger partial charge in [-0.2, -0.15) is 5.10 Å². The summed E-state index contributed by atoms with van der Waals surface area (Å²) in [6, 6.07) is 9.81. The third kappa shape index (κ3) is 4.37. The van der Waals surface area contributed by atoms with E-state index in [2.05, 4.69) is 20.3 Å². The van der Waals surface area contributed by atoms with E-state index in [1.807, 2.05) is 50.6 Å². The molecule has 0 unspecified atom stereocenters. The first-order valence-electron chi connectivity index (χ1n) is 8.57. The van der Waals surface area contributed by atoms with Crippen molar-refractivity contribution in [1.29, 1.82) is 0 Å². The minimum absolute atomic E-state index is 0.138. The van der Waals surface area contributed by atoms with E-state index in [4.69, 9.17) is 5.11 Å². The molecule has 2 aromatic heterocycles. The highest BCUT2D eigenvalue weighted by Crippen LogP contribution is 2.24. The second kappa shape index (κ2) is 7.97. The molecule has 0 amide bonds. The normalized spacial score (nSPS) is 11.2. The van der Waals surface area contributed by atoms with Crippen LogP contribution in [0, 0.1) is 0 Å². The van der Waals surface area contributed by atoms with Crippen LogP contribution < -0.4 is 5.32 Å². The summed E-state index contributed by atoms with van der Waals surface area (Å²) in [5.74, 6) is 0.0365. The lowest BCUT2D eigenvalue weighted by Gasteiger charge is -2.11. The monoisotopic (exact) mass is 353 g/mol. The summed E-state index contributed by atoms with van der Waals surface area (Å²) in [6.07, 6.45) is 4.37. The van der Waals surface area contributed by atoms with Crippen molar-refractivity contribution in [2.45, 2.75) is 12.8 Å². The van der Waals surface area contributed by atoms with Crippen LogP contribution in [0.2, 0.25) is 0 Å². The zero-order valence-electron chi connectivity index (χ0n) is 15.0. The van der Waals surface area contributed by atoms with Crippen molar-refractivity contribution in [2.75, 3.05) is 32.5 Å². The zero-order chi connectivity index (χ0) is 18.5. The molecule has 7 heteroatoms. The van der Waals surface area contributed by atoms with Crippen LogP contribution in [-0.4, -0.2) is 57.8 Å². The minimum atomic E-state index is -0.782. The number of anilines is 1. The SMILES string of the molecule is CN(C)CCNc1ccn2ncc(-c3ccc(CCC(=O)O)cc3)c2n1. The zero-order valence-corrected chi connectivity index (χ0v) is 15.0. The fourth-order valence-corrected chi connectivity index (χ4v) is 2.68. The molecule has 0 spiro atoms. The van der Waals surface area contributed by atoms with E-state index >= 15 is 0 Å². The van der Waals surface area contributed by atoms with Crippen molar-refractivity contribution < 1.29 is 9.90 Å². The Bertz CT molecular complexity index is 887. The largest absolute Gasteiger partial charge is 0.481 e. The highest BCUT2D eigenvalue weighted by Gasteiger charge is 2.09. The van der Waals surface area contributed by atoms with Gasteiger partial charge in [0.15, 0.2) is 5.65 Å². The molecule has 3 aromatic rings. The maximum absolute atomic E-state index is 10.7. The van der Waals surface area contributed by atoms with Gasteiger partial charge in [-0.05, 0) is 37.7 Å². The molecule has 0 bridgehead atoms. The van der Waals surface area contributed by atoms with Gasteiger partial charge in [-0.3, -0.25) is 4.79 Å². The van der Waals surface area contributed by atoms with Gasteiger partial charge in [0.1, 0.15) is 5.82 Å². The molecule has 0 radical (unpaired) electrons. The molecule has 2 N–H and O–H groups in total. The van der Waals surface area contributed by atoms with Gasteiger partial charge in [0.25, 0.3) is 0 Å². The molecule has 3 rings (SSSR count). The lowest BCUT2D eigenvalue weighted by atomic mass is 10.0. The number of carboxylic acids is 1. The van der Waals surface area contributed by atoms with Crippen molar-refractivity contribution in [3.05, 3.63) is 48.3 Å². The number of hydrogen-bond donors (Lipinski definition) is 2. The van der Waals surface area contributed by atoms with Crippen molar-refractivity contribution in [3.63, 3.8) is 0 Å². The third-order valence-corrected chi connectivity index (χ3v) is 4.13. The van der Waals surface area contributed by atoms with Crippen molar-refractivity contribution in [3.8, 4) is 11.1 Å². The molecule has 136 valence electrons. The Hall–Kier alpha value is -2.93. The van der Waals surface area contributed by atoms with Crippen molar-refractivity contribution >= 4 is 17.4 Å². The van der Waals surface area contributed by atoms with Gasteiger partial charge in [-0.25, -0.2) is 9.50 Å². The highest BCUT2D eigenvalue weighted by atomic mass is 16.4. The fourth-order valence-electron chi connectivity index (χ4n) is 2.68. The van der Waals surface area contributed by atoms with Crippen LogP contribution in [0.4, 0.5) is 5.82 Å². The number of hydrogen-bond acceptors (Lipinski definition) is 5. The van der Waals surface area contributed by atoms with Crippen LogP contribution in [0.25, 0.3) is 16.8 Å². The van der Waals surface area contributed by atoms with Crippen LogP contribution in [-0.2, 0) is 11.2 Å². The molecular formula is C19H23N5O2. The summed E-state index contributed by atoms with van der Waals surface area (Å²) in [7, 11) is 4.07. The number of nitrogens with zero attached hydrogens (tertiary/aromatic N) is 4. The average Bonchev–Trinajstić information content (AvgIpc) is 3.03. The first kappa shape index (κ1) is 17.9. The molecule has 0 aliphatic carbocycles. The number of carboxylic acid groups (broad SMARTS) is 1. The fraction of sp³-hybridized carbons (Fsp3) is 0.316. The van der Waals surface area contributed by atoms with Gasteiger partial charge in [0.2, 0.25) is 0 Å². The quantitative estimate of drug-likeness (QED) is 0.647. The first-order valence-corrected chi connectivity index (χ1v) is 8.57. The van der Waals surface area contributed by atoms with E-state index in [0.717, 1.165) is 41.2 Å². The summed E-state index contributed by atoms with van der Waals surface area (Å²) in [5, 5.41) is 16.5. The Labute approximate surface area is 152 Å². The molecule has 0 fully saturated rings. The molecule has 0 saturated heterocycles. The molecular weight excluding hydrogens is 330 g/mol. The van der Waals surface area contributed by atoms with Crippen molar-refractivity contribution in [2.24, 2.45) is 0 Å². The van der Waals surface area contributed by atoms with Crippen LogP contribution in [0.3, 0.4) is 0 Å². The number of aromatic nitrogens is 3. The van der Waals surface area contributed by atoms with Gasteiger partial charge in [-0.15, -0.1) is 0 Å². The van der Waals surface area contributed by atoms with Gasteiger partial charge in [-0.1, -0.05) is 24.3 Å². The maximum Gasteiger partial charge on any atom is 0.303 e. The second-order valence-electron chi connectivity index (χ2n) is 6.46. The number of aliphatic carboxylic acids is 1. The number of fused-ring (bicyclic) bond motifs is 1. The minimum Gasteiger partial charge on any atom is -0.481 e. The van der Waals surface area contributed by atoms with Gasteiger partial charge in [0, 0.05) is 31.3 Å². The topological polar surface area (TPSA) is 82.8 Å². The Morgan fingerprint density at radius 2 is 2.00 bits per heavy atom. The number of nitrogens with one attached hydrogen (secondary N) is 1. The van der Waals surface area contributed by atoms with Crippen molar-refractivity contribution in [1.82, 2.24) is 19.5 Å². The first-order chi connectivity index (χ1) is 12.5. The number of aryl methyl sites for hydroxylation is 1. The molecule has 7 nitrogen and oxygen atoms in total. The van der Waals surface area contributed by atoms with E-state index in [0.29, 0.717) is 6.42 Å². The number of likely N-dealkylation sites (N-methyl/N-ethyl adjacent to an activating group) is 1. The van der Waals surface area contributed by atoms with E-state index in [1.165, 1.54) is 0 Å².